The molecule has 0 bridgehead atoms. The van der Waals surface area contributed by atoms with Crippen molar-refractivity contribution in [1.82, 2.24) is 0 Å². The van der Waals surface area contributed by atoms with Crippen molar-refractivity contribution < 1.29 is 25.2 Å². The molecular weight excluding hydrogens is 344 g/mol. The van der Waals surface area contributed by atoms with Gasteiger partial charge in [-0.25, -0.2) is 0 Å². The molecule has 0 radical (unpaired) electrons. The van der Waals surface area contributed by atoms with Crippen LogP contribution in [0.25, 0.3) is 0 Å². The minimum Gasteiger partial charge on any atom is -0.481 e. The topological polar surface area (TPSA) is 98.0 Å². The summed E-state index contributed by atoms with van der Waals surface area (Å²) < 4.78 is 0. The van der Waals surface area contributed by atoms with Gasteiger partial charge in [-0.05, 0) is 37.0 Å². The smallest absolute Gasteiger partial charge is 0.303 e. The number of carbonyl (C=O) groups is 1. The number of carboxylic acids is 1. The number of aliphatic hydroxyl groups is 3. The maximum absolute atomic E-state index is 10.5. The number of rotatable bonds is 12. The van der Waals surface area contributed by atoms with Crippen LogP contribution in [0, 0.1) is 17.3 Å². The molecular formula is C22H38O5. The van der Waals surface area contributed by atoms with Gasteiger partial charge in [-0.3, -0.25) is 4.79 Å². The van der Waals surface area contributed by atoms with Gasteiger partial charge in [-0.2, -0.15) is 0 Å². The zero-order valence-electron chi connectivity index (χ0n) is 17.1. The average Bonchev–Trinajstić information content (AvgIpc) is 2.86. The van der Waals surface area contributed by atoms with Crippen LogP contribution in [0.2, 0.25) is 0 Å². The molecule has 0 saturated heterocycles. The van der Waals surface area contributed by atoms with Crippen LogP contribution in [0.3, 0.4) is 0 Å². The Balaban J connectivity index is 2.62. The Hall–Kier alpha value is -1.17. The first-order valence-electron chi connectivity index (χ1n) is 10.3. The van der Waals surface area contributed by atoms with E-state index in [2.05, 4.69) is 20.8 Å². The van der Waals surface area contributed by atoms with Crippen molar-refractivity contribution in [2.24, 2.45) is 17.3 Å². The normalized spacial score (nSPS) is 27.6. The Kier molecular flexibility index (Phi) is 10.3. The van der Waals surface area contributed by atoms with E-state index in [0.717, 1.165) is 19.3 Å². The third kappa shape index (κ3) is 8.16. The average molecular weight is 383 g/mol. The van der Waals surface area contributed by atoms with Crippen molar-refractivity contribution in [1.29, 1.82) is 0 Å². The fraction of sp³-hybridized carbons (Fsp3) is 0.773. The largest absolute Gasteiger partial charge is 0.481 e. The van der Waals surface area contributed by atoms with E-state index in [-0.39, 0.29) is 23.7 Å². The van der Waals surface area contributed by atoms with Crippen molar-refractivity contribution in [2.75, 3.05) is 0 Å². The van der Waals surface area contributed by atoms with E-state index in [0.29, 0.717) is 25.7 Å². The zero-order valence-corrected chi connectivity index (χ0v) is 17.1. The van der Waals surface area contributed by atoms with Crippen LogP contribution < -0.4 is 0 Å². The number of allylic oxidation sites excluding steroid dienone is 2. The fourth-order valence-corrected chi connectivity index (χ4v) is 3.72. The first-order chi connectivity index (χ1) is 12.7. The van der Waals surface area contributed by atoms with Crippen molar-refractivity contribution in [3.8, 4) is 0 Å². The van der Waals surface area contributed by atoms with Gasteiger partial charge in [-0.1, -0.05) is 57.9 Å². The van der Waals surface area contributed by atoms with Crippen molar-refractivity contribution in [2.45, 2.75) is 90.4 Å². The lowest BCUT2D eigenvalue weighted by Gasteiger charge is -2.29. The van der Waals surface area contributed by atoms with Crippen LogP contribution in [-0.2, 0) is 4.79 Å². The highest BCUT2D eigenvalue weighted by Gasteiger charge is 2.39. The molecule has 0 spiro atoms. The monoisotopic (exact) mass is 382 g/mol. The maximum Gasteiger partial charge on any atom is 0.303 e. The predicted octanol–water partition coefficient (Wildman–Crippen LogP) is 3.68. The second-order valence-corrected chi connectivity index (χ2v) is 8.53. The minimum atomic E-state index is -0.789. The molecule has 156 valence electrons. The molecule has 1 fully saturated rings. The number of unbranched alkanes of at least 4 members (excludes halogenated alkanes) is 2. The minimum absolute atomic E-state index is 0.0853. The van der Waals surface area contributed by atoms with E-state index < -0.39 is 24.3 Å². The Morgan fingerprint density at radius 2 is 1.89 bits per heavy atom. The van der Waals surface area contributed by atoms with Gasteiger partial charge in [0.2, 0.25) is 0 Å². The van der Waals surface area contributed by atoms with E-state index in [1.165, 1.54) is 0 Å². The van der Waals surface area contributed by atoms with Crippen molar-refractivity contribution >= 4 is 5.97 Å². The van der Waals surface area contributed by atoms with Gasteiger partial charge in [-0.15, -0.1) is 0 Å². The van der Waals surface area contributed by atoms with E-state index in [1.54, 1.807) is 6.08 Å². The van der Waals surface area contributed by atoms with Crippen molar-refractivity contribution in [3.63, 3.8) is 0 Å². The summed E-state index contributed by atoms with van der Waals surface area (Å²) in [5.74, 6) is -1.05. The van der Waals surface area contributed by atoms with Gasteiger partial charge in [0.25, 0.3) is 0 Å². The second kappa shape index (κ2) is 11.6. The maximum atomic E-state index is 10.5. The molecule has 0 unspecified atom stereocenters. The van der Waals surface area contributed by atoms with E-state index in [1.807, 2.05) is 18.2 Å². The first-order valence-corrected chi connectivity index (χ1v) is 10.3. The quantitative estimate of drug-likeness (QED) is 0.305. The summed E-state index contributed by atoms with van der Waals surface area (Å²) >= 11 is 0. The highest BCUT2D eigenvalue weighted by atomic mass is 16.4. The third-order valence-electron chi connectivity index (χ3n) is 5.74. The Morgan fingerprint density at radius 1 is 1.19 bits per heavy atom. The zero-order chi connectivity index (χ0) is 20.4. The van der Waals surface area contributed by atoms with Gasteiger partial charge < -0.3 is 20.4 Å². The molecule has 1 aliphatic rings. The summed E-state index contributed by atoms with van der Waals surface area (Å²) in [5, 5.41) is 39.7. The first kappa shape index (κ1) is 23.9. The molecule has 5 atom stereocenters. The van der Waals surface area contributed by atoms with Gasteiger partial charge in [0, 0.05) is 18.8 Å². The van der Waals surface area contributed by atoms with Crippen LogP contribution in [0.5, 0.6) is 0 Å². The standard InChI is InChI=1S/C22H38O5/c1-4-5-14-22(2,3)20(25)13-12-17-16(18(23)15-19(17)24)10-8-6-7-9-11-21(26)27/h6,8,12-13,16-20,23-25H,4-5,7,9-11,14-15H2,1-3H3,(H,26,27)/b8-6+,13-12-/t16-,17-,18-,19-,20-/m1/s1. The number of aliphatic hydroxyl groups excluding tert-OH is 3. The molecule has 0 aromatic carbocycles. The molecule has 1 saturated carbocycles. The van der Waals surface area contributed by atoms with E-state index >= 15 is 0 Å². The van der Waals surface area contributed by atoms with Gasteiger partial charge in [0.15, 0.2) is 0 Å². The molecule has 5 heteroatoms. The van der Waals surface area contributed by atoms with Crippen LogP contribution in [0.15, 0.2) is 24.3 Å². The molecule has 0 heterocycles. The Labute approximate surface area is 163 Å². The predicted molar refractivity (Wildman–Crippen MR) is 107 cm³/mol. The number of carboxylic acid groups (broad SMARTS) is 1. The molecule has 1 rings (SSSR count). The van der Waals surface area contributed by atoms with Crippen LogP contribution in [-0.4, -0.2) is 44.7 Å². The highest BCUT2D eigenvalue weighted by molar-refractivity contribution is 5.66. The molecule has 0 aromatic heterocycles. The lowest BCUT2D eigenvalue weighted by Crippen LogP contribution is -2.28. The van der Waals surface area contributed by atoms with E-state index in [9.17, 15) is 20.1 Å². The number of aliphatic carboxylic acids is 1. The molecule has 5 nitrogen and oxygen atoms in total. The SMILES string of the molecule is CCCCC(C)(C)[C@H](O)/C=C\[C@@H]1[C@@H](C/C=C/CCCC(=O)O)[C@H](O)C[C@H]1O. The van der Waals surface area contributed by atoms with Crippen LogP contribution in [0.1, 0.15) is 72.1 Å². The summed E-state index contributed by atoms with van der Waals surface area (Å²) in [6, 6.07) is 0. The Morgan fingerprint density at radius 3 is 2.52 bits per heavy atom. The summed E-state index contributed by atoms with van der Waals surface area (Å²) in [4.78, 5) is 10.5. The van der Waals surface area contributed by atoms with Gasteiger partial charge >= 0.3 is 5.97 Å². The Bertz CT molecular complexity index is 497. The van der Waals surface area contributed by atoms with Crippen molar-refractivity contribution in [3.05, 3.63) is 24.3 Å². The summed E-state index contributed by atoms with van der Waals surface area (Å²) in [6.45, 7) is 6.23. The molecule has 0 aliphatic heterocycles. The lowest BCUT2D eigenvalue weighted by atomic mass is 9.80. The lowest BCUT2D eigenvalue weighted by molar-refractivity contribution is -0.137. The number of hydrogen-bond acceptors (Lipinski definition) is 4. The molecule has 4 N–H and O–H groups in total. The fourth-order valence-electron chi connectivity index (χ4n) is 3.72. The van der Waals surface area contributed by atoms with E-state index in [4.69, 9.17) is 5.11 Å². The molecule has 0 aromatic rings. The van der Waals surface area contributed by atoms with Crippen LogP contribution >= 0.6 is 0 Å². The summed E-state index contributed by atoms with van der Waals surface area (Å²) in [5.41, 5.74) is -0.214. The number of hydrogen-bond donors (Lipinski definition) is 4. The summed E-state index contributed by atoms with van der Waals surface area (Å²) in [6.07, 6.45) is 11.4. The third-order valence-corrected chi connectivity index (χ3v) is 5.74. The molecule has 1 aliphatic carbocycles. The summed E-state index contributed by atoms with van der Waals surface area (Å²) in [7, 11) is 0. The second-order valence-electron chi connectivity index (χ2n) is 8.53. The van der Waals surface area contributed by atoms with Crippen LogP contribution in [0.4, 0.5) is 0 Å². The molecule has 27 heavy (non-hydrogen) atoms. The van der Waals surface area contributed by atoms with Gasteiger partial charge in [0.1, 0.15) is 0 Å². The van der Waals surface area contributed by atoms with Gasteiger partial charge in [0.05, 0.1) is 18.3 Å². The molecule has 0 amide bonds. The highest BCUT2D eigenvalue weighted by Crippen LogP contribution is 2.37.